The van der Waals surface area contributed by atoms with E-state index in [2.05, 4.69) is 39.4 Å². The highest BCUT2D eigenvalue weighted by atomic mass is 15.1. The number of nitrogens with one attached hydrogen (secondary N) is 2. The van der Waals surface area contributed by atoms with Crippen LogP contribution in [0.3, 0.4) is 0 Å². The van der Waals surface area contributed by atoms with Gasteiger partial charge in [0.05, 0.1) is 0 Å². The van der Waals surface area contributed by atoms with Gasteiger partial charge in [-0.25, -0.2) is 15.0 Å². The summed E-state index contributed by atoms with van der Waals surface area (Å²) in [4.78, 5) is 12.5. The Labute approximate surface area is 112 Å². The molecule has 0 saturated heterocycles. The summed E-state index contributed by atoms with van der Waals surface area (Å²) in [7, 11) is 0. The summed E-state index contributed by atoms with van der Waals surface area (Å²) < 4.78 is 0. The number of pyridine rings is 1. The van der Waals surface area contributed by atoms with Crippen LogP contribution in [0.25, 0.3) is 0 Å². The molecule has 0 saturated carbocycles. The highest BCUT2D eigenvalue weighted by Gasteiger charge is 2.10. The molecule has 2 rings (SSSR count). The lowest BCUT2D eigenvalue weighted by molar-refractivity contribution is 0.759. The van der Waals surface area contributed by atoms with Gasteiger partial charge in [-0.05, 0) is 25.5 Å². The lowest BCUT2D eigenvalue weighted by Gasteiger charge is -2.15. The van der Waals surface area contributed by atoms with E-state index in [1.54, 1.807) is 6.20 Å². The molecule has 0 aliphatic heterocycles. The first-order valence-electron chi connectivity index (χ1n) is 6.25. The standard InChI is InChI=1S/C13H18N6/c1-3-9(2)18-12-11(14)13(17-8-16-12)19-10-6-4-5-7-15-10/h4-9H,3,14H2,1-2H3,(H2,15,16,17,18,19). The minimum atomic E-state index is 0.305. The largest absolute Gasteiger partial charge is 0.393 e. The van der Waals surface area contributed by atoms with Gasteiger partial charge >= 0.3 is 0 Å². The molecule has 6 nitrogen and oxygen atoms in total. The first-order valence-corrected chi connectivity index (χ1v) is 6.25. The highest BCUT2D eigenvalue weighted by molar-refractivity contribution is 5.76. The number of aromatic nitrogens is 3. The van der Waals surface area contributed by atoms with Gasteiger partial charge in [0.2, 0.25) is 0 Å². The van der Waals surface area contributed by atoms with Crippen LogP contribution in [0, 0.1) is 0 Å². The first kappa shape index (κ1) is 13.1. The summed E-state index contributed by atoms with van der Waals surface area (Å²) in [6.07, 6.45) is 4.18. The molecule has 0 bridgehead atoms. The van der Waals surface area contributed by atoms with Crippen molar-refractivity contribution in [2.45, 2.75) is 26.3 Å². The Bertz CT molecular complexity index is 528. The molecule has 1 atom stereocenters. The number of anilines is 4. The maximum atomic E-state index is 6.06. The van der Waals surface area contributed by atoms with Crippen LogP contribution in [0.5, 0.6) is 0 Å². The summed E-state index contributed by atoms with van der Waals surface area (Å²) in [6.45, 7) is 4.18. The molecule has 6 heteroatoms. The highest BCUT2D eigenvalue weighted by Crippen LogP contribution is 2.25. The number of nitrogens with zero attached hydrogens (tertiary/aromatic N) is 3. The molecule has 0 aromatic carbocycles. The second kappa shape index (κ2) is 5.99. The third-order valence-corrected chi connectivity index (χ3v) is 2.79. The summed E-state index contributed by atoms with van der Waals surface area (Å²) in [5, 5.41) is 6.33. The van der Waals surface area contributed by atoms with E-state index in [1.807, 2.05) is 18.2 Å². The molecule has 19 heavy (non-hydrogen) atoms. The molecule has 2 aromatic rings. The van der Waals surface area contributed by atoms with Crippen molar-refractivity contribution in [3.05, 3.63) is 30.7 Å². The number of nitrogens with two attached hydrogens (primary N) is 1. The van der Waals surface area contributed by atoms with Gasteiger partial charge in [-0.1, -0.05) is 13.0 Å². The average molecular weight is 258 g/mol. The van der Waals surface area contributed by atoms with Crippen molar-refractivity contribution in [1.82, 2.24) is 15.0 Å². The Morgan fingerprint density at radius 2 is 2.00 bits per heavy atom. The lowest BCUT2D eigenvalue weighted by atomic mass is 10.2. The molecule has 0 aliphatic rings. The zero-order valence-corrected chi connectivity index (χ0v) is 11.1. The van der Waals surface area contributed by atoms with E-state index in [-0.39, 0.29) is 0 Å². The minimum Gasteiger partial charge on any atom is -0.393 e. The molecule has 2 heterocycles. The maximum absolute atomic E-state index is 6.06. The van der Waals surface area contributed by atoms with Crippen LogP contribution in [0.2, 0.25) is 0 Å². The van der Waals surface area contributed by atoms with E-state index < -0.39 is 0 Å². The molecule has 100 valence electrons. The van der Waals surface area contributed by atoms with Crippen LogP contribution < -0.4 is 16.4 Å². The van der Waals surface area contributed by atoms with Crippen molar-refractivity contribution in [1.29, 1.82) is 0 Å². The second-order valence-corrected chi connectivity index (χ2v) is 4.28. The Morgan fingerprint density at radius 1 is 1.21 bits per heavy atom. The zero-order valence-electron chi connectivity index (χ0n) is 11.1. The van der Waals surface area contributed by atoms with Gasteiger partial charge in [0.15, 0.2) is 11.6 Å². The Kier molecular flexibility index (Phi) is 4.12. The van der Waals surface area contributed by atoms with Crippen LogP contribution in [-0.4, -0.2) is 21.0 Å². The van der Waals surface area contributed by atoms with Gasteiger partial charge in [0.25, 0.3) is 0 Å². The third kappa shape index (κ3) is 3.31. The Hall–Kier alpha value is -2.37. The van der Waals surface area contributed by atoms with Crippen molar-refractivity contribution < 1.29 is 0 Å². The van der Waals surface area contributed by atoms with Crippen LogP contribution >= 0.6 is 0 Å². The molecule has 0 radical (unpaired) electrons. The smallest absolute Gasteiger partial charge is 0.160 e. The molecule has 0 spiro atoms. The number of hydrogen-bond acceptors (Lipinski definition) is 6. The van der Waals surface area contributed by atoms with E-state index in [9.17, 15) is 0 Å². The normalized spacial score (nSPS) is 11.9. The molecular weight excluding hydrogens is 240 g/mol. The average Bonchev–Trinajstić information content (AvgIpc) is 2.44. The number of hydrogen-bond donors (Lipinski definition) is 3. The second-order valence-electron chi connectivity index (χ2n) is 4.28. The van der Waals surface area contributed by atoms with Crippen LogP contribution in [0.1, 0.15) is 20.3 Å². The van der Waals surface area contributed by atoms with Gasteiger partial charge in [0.1, 0.15) is 17.8 Å². The van der Waals surface area contributed by atoms with Gasteiger partial charge in [-0.15, -0.1) is 0 Å². The van der Waals surface area contributed by atoms with E-state index in [0.29, 0.717) is 29.2 Å². The van der Waals surface area contributed by atoms with Crippen LogP contribution in [-0.2, 0) is 0 Å². The van der Waals surface area contributed by atoms with Gasteiger partial charge < -0.3 is 16.4 Å². The van der Waals surface area contributed by atoms with Crippen molar-refractivity contribution in [3.8, 4) is 0 Å². The van der Waals surface area contributed by atoms with E-state index >= 15 is 0 Å². The number of nitrogen functional groups attached to an aromatic ring is 1. The quantitative estimate of drug-likeness (QED) is 0.763. The molecule has 4 N–H and O–H groups in total. The van der Waals surface area contributed by atoms with Crippen LogP contribution in [0.4, 0.5) is 23.1 Å². The summed E-state index contributed by atoms with van der Waals surface area (Å²) in [5.74, 6) is 1.89. The van der Waals surface area contributed by atoms with Crippen molar-refractivity contribution in [3.63, 3.8) is 0 Å². The summed E-state index contributed by atoms with van der Waals surface area (Å²) >= 11 is 0. The molecular formula is C13H18N6. The zero-order chi connectivity index (χ0) is 13.7. The minimum absolute atomic E-state index is 0.305. The molecule has 0 fully saturated rings. The van der Waals surface area contributed by atoms with Gasteiger partial charge in [-0.3, -0.25) is 0 Å². The lowest BCUT2D eigenvalue weighted by Crippen LogP contribution is -2.16. The molecule has 2 aromatic heterocycles. The fraction of sp³-hybridized carbons (Fsp3) is 0.308. The predicted octanol–water partition coefficient (Wildman–Crippen LogP) is 2.41. The Morgan fingerprint density at radius 3 is 2.68 bits per heavy atom. The predicted molar refractivity (Wildman–Crippen MR) is 77.3 cm³/mol. The summed E-state index contributed by atoms with van der Waals surface area (Å²) in [6, 6.07) is 5.90. The topological polar surface area (TPSA) is 88.8 Å². The molecule has 1 unspecified atom stereocenters. The molecule has 0 aliphatic carbocycles. The first-order chi connectivity index (χ1) is 9.20. The number of rotatable bonds is 5. The van der Waals surface area contributed by atoms with Crippen molar-refractivity contribution in [2.75, 3.05) is 16.4 Å². The van der Waals surface area contributed by atoms with E-state index in [4.69, 9.17) is 5.73 Å². The fourth-order valence-corrected chi connectivity index (χ4v) is 1.50. The maximum Gasteiger partial charge on any atom is 0.160 e. The summed E-state index contributed by atoms with van der Waals surface area (Å²) in [5.41, 5.74) is 6.55. The van der Waals surface area contributed by atoms with Crippen molar-refractivity contribution >= 4 is 23.1 Å². The van der Waals surface area contributed by atoms with E-state index in [0.717, 1.165) is 6.42 Å². The van der Waals surface area contributed by atoms with Crippen LogP contribution in [0.15, 0.2) is 30.7 Å². The van der Waals surface area contributed by atoms with Gasteiger partial charge in [0, 0.05) is 12.2 Å². The Balaban J connectivity index is 2.20. The van der Waals surface area contributed by atoms with E-state index in [1.165, 1.54) is 6.33 Å². The SMILES string of the molecule is CCC(C)Nc1ncnc(Nc2ccccn2)c1N. The van der Waals surface area contributed by atoms with Gasteiger partial charge in [-0.2, -0.15) is 0 Å². The fourth-order valence-electron chi connectivity index (χ4n) is 1.50. The monoisotopic (exact) mass is 258 g/mol. The molecule has 0 amide bonds. The third-order valence-electron chi connectivity index (χ3n) is 2.79. The van der Waals surface area contributed by atoms with Crippen molar-refractivity contribution in [2.24, 2.45) is 0 Å².